The van der Waals surface area contributed by atoms with Gasteiger partial charge in [-0.25, -0.2) is 4.79 Å². The van der Waals surface area contributed by atoms with E-state index >= 15 is 0 Å². The summed E-state index contributed by atoms with van der Waals surface area (Å²) in [5.74, 6) is -0.448. The molecule has 0 unspecified atom stereocenters. The van der Waals surface area contributed by atoms with Crippen molar-refractivity contribution in [1.82, 2.24) is 4.57 Å². The molecule has 7 nitrogen and oxygen atoms in total. The zero-order valence-corrected chi connectivity index (χ0v) is 16.8. The van der Waals surface area contributed by atoms with E-state index in [0.717, 1.165) is 16.5 Å². The smallest absolute Gasteiger partial charge is 0.318 e. The van der Waals surface area contributed by atoms with Gasteiger partial charge in [0.2, 0.25) is 0 Å². The molecule has 0 fully saturated rings. The number of nitro groups is 1. The minimum absolute atomic E-state index is 0.00888. The van der Waals surface area contributed by atoms with Crippen LogP contribution in [-0.2, 0) is 9.63 Å². The predicted octanol–water partition coefficient (Wildman–Crippen LogP) is 5.24. The van der Waals surface area contributed by atoms with Crippen molar-refractivity contribution in [2.45, 2.75) is 13.3 Å². The summed E-state index contributed by atoms with van der Waals surface area (Å²) in [4.78, 5) is 28.1. The summed E-state index contributed by atoms with van der Waals surface area (Å²) in [6.07, 6.45) is 1.99. The van der Waals surface area contributed by atoms with Gasteiger partial charge in [-0.05, 0) is 12.1 Å². The van der Waals surface area contributed by atoms with Crippen molar-refractivity contribution in [3.8, 4) is 5.69 Å². The van der Waals surface area contributed by atoms with Gasteiger partial charge in [-0.15, -0.1) is 0 Å². The molecule has 0 aliphatic rings. The number of nitrogens with zero attached hydrogens (tertiary/aromatic N) is 3. The van der Waals surface area contributed by atoms with Crippen molar-refractivity contribution in [1.29, 1.82) is 0 Å². The lowest BCUT2D eigenvalue weighted by Crippen LogP contribution is -2.07. The molecule has 0 amide bonds. The second-order valence-electron chi connectivity index (χ2n) is 6.80. The monoisotopic (exact) mass is 413 g/mol. The molecule has 3 aromatic carbocycles. The van der Waals surface area contributed by atoms with Gasteiger partial charge in [-0.2, -0.15) is 0 Å². The van der Waals surface area contributed by atoms with Crippen LogP contribution in [0.1, 0.15) is 24.5 Å². The van der Waals surface area contributed by atoms with Gasteiger partial charge in [-0.1, -0.05) is 72.7 Å². The van der Waals surface area contributed by atoms with E-state index in [9.17, 15) is 14.9 Å². The third kappa shape index (κ3) is 3.93. The number of nitro benzene ring substituents is 1. The highest BCUT2D eigenvalue weighted by Gasteiger charge is 2.21. The van der Waals surface area contributed by atoms with Gasteiger partial charge in [0.1, 0.15) is 11.4 Å². The summed E-state index contributed by atoms with van der Waals surface area (Å²) in [5.41, 5.74) is 3.13. The van der Waals surface area contributed by atoms with E-state index in [4.69, 9.17) is 4.84 Å². The van der Waals surface area contributed by atoms with Crippen LogP contribution in [0.25, 0.3) is 16.6 Å². The number of hydrogen-bond donors (Lipinski definition) is 0. The Balaban J connectivity index is 1.97. The van der Waals surface area contributed by atoms with Crippen molar-refractivity contribution in [3.63, 3.8) is 0 Å². The topological polar surface area (TPSA) is 86.7 Å². The molecular formula is C24H19N3O4. The predicted molar refractivity (Wildman–Crippen MR) is 118 cm³/mol. The maximum absolute atomic E-state index is 11.8. The summed E-state index contributed by atoms with van der Waals surface area (Å²) in [6, 6.07) is 23.5. The molecule has 0 N–H and O–H groups in total. The van der Waals surface area contributed by atoms with Crippen molar-refractivity contribution in [2.24, 2.45) is 5.16 Å². The molecule has 0 bridgehead atoms. The van der Waals surface area contributed by atoms with E-state index in [-0.39, 0.29) is 12.1 Å². The fourth-order valence-corrected chi connectivity index (χ4v) is 3.40. The molecule has 0 radical (unpaired) electrons. The molecule has 4 aromatic rings. The highest BCUT2D eigenvalue weighted by atomic mass is 16.7. The lowest BCUT2D eigenvalue weighted by atomic mass is 10.0. The molecule has 154 valence electrons. The molecule has 1 aromatic heterocycles. The summed E-state index contributed by atoms with van der Waals surface area (Å²) in [6.45, 7) is 1.69. The number of rotatable bonds is 6. The number of benzene rings is 3. The average Bonchev–Trinajstić information content (AvgIpc) is 3.19. The highest BCUT2D eigenvalue weighted by molar-refractivity contribution is 6.19. The Morgan fingerprint density at radius 2 is 1.68 bits per heavy atom. The Labute approximate surface area is 178 Å². The van der Waals surface area contributed by atoms with Crippen LogP contribution in [0, 0.1) is 10.1 Å². The third-order valence-electron chi connectivity index (χ3n) is 4.88. The van der Waals surface area contributed by atoms with Gasteiger partial charge in [0.15, 0.2) is 0 Å². The average molecular weight is 413 g/mol. The van der Waals surface area contributed by atoms with E-state index in [2.05, 4.69) is 5.16 Å². The second-order valence-corrected chi connectivity index (χ2v) is 6.80. The Hall–Kier alpha value is -4.26. The summed E-state index contributed by atoms with van der Waals surface area (Å²) >= 11 is 0. The third-order valence-corrected chi connectivity index (χ3v) is 4.88. The van der Waals surface area contributed by atoms with Crippen molar-refractivity contribution < 1.29 is 14.6 Å². The zero-order chi connectivity index (χ0) is 21.8. The summed E-state index contributed by atoms with van der Waals surface area (Å²) in [5, 5.41) is 16.6. The lowest BCUT2D eigenvalue weighted by Gasteiger charge is -2.06. The maximum atomic E-state index is 11.8. The van der Waals surface area contributed by atoms with Crippen LogP contribution >= 0.6 is 0 Å². The molecule has 0 aliphatic heterocycles. The largest absolute Gasteiger partial charge is 0.334 e. The minimum Gasteiger partial charge on any atom is -0.318 e. The maximum Gasteiger partial charge on any atom is 0.334 e. The van der Waals surface area contributed by atoms with Crippen LogP contribution < -0.4 is 0 Å². The van der Waals surface area contributed by atoms with Gasteiger partial charge in [0, 0.05) is 35.2 Å². The van der Waals surface area contributed by atoms with Gasteiger partial charge in [0.25, 0.3) is 5.69 Å². The summed E-state index contributed by atoms with van der Waals surface area (Å²) < 4.78 is 1.77. The standard InChI is InChI=1S/C24H19N3O4/c1-2-23(28)31-25-24(17-10-4-3-5-11-17)19-16-26(20-13-7-6-12-18(19)20)21-14-8-9-15-22(21)27(29)30/h3-16H,2H2,1H3/b25-24+. The molecule has 0 saturated carbocycles. The molecule has 0 aliphatic carbocycles. The Kier molecular flexibility index (Phi) is 5.57. The Bertz CT molecular complexity index is 1290. The van der Waals surface area contributed by atoms with Crippen LogP contribution in [-0.4, -0.2) is 21.2 Å². The fourth-order valence-electron chi connectivity index (χ4n) is 3.40. The van der Waals surface area contributed by atoms with Crippen molar-refractivity contribution in [3.05, 3.63) is 106 Å². The van der Waals surface area contributed by atoms with Gasteiger partial charge in [0.05, 0.1) is 10.4 Å². The number of para-hydroxylation sites is 3. The molecule has 1 heterocycles. The number of carbonyl (C=O) groups is 1. The van der Waals surface area contributed by atoms with Crippen LogP contribution in [0.15, 0.2) is 90.2 Å². The fraction of sp³-hybridized carbons (Fsp3) is 0.0833. The lowest BCUT2D eigenvalue weighted by molar-refractivity contribution is -0.384. The molecule has 31 heavy (non-hydrogen) atoms. The number of hydrogen-bond acceptors (Lipinski definition) is 5. The van der Waals surface area contributed by atoms with Crippen LogP contribution in [0.5, 0.6) is 0 Å². The minimum atomic E-state index is -0.448. The van der Waals surface area contributed by atoms with Gasteiger partial charge < -0.3 is 9.40 Å². The molecule has 4 rings (SSSR count). The first-order chi connectivity index (χ1) is 15.1. The van der Waals surface area contributed by atoms with Crippen molar-refractivity contribution in [2.75, 3.05) is 0 Å². The van der Waals surface area contributed by atoms with Gasteiger partial charge in [-0.3, -0.25) is 10.1 Å². The normalized spacial score (nSPS) is 11.5. The van der Waals surface area contributed by atoms with Crippen LogP contribution in [0.3, 0.4) is 0 Å². The van der Waals surface area contributed by atoms with E-state index in [0.29, 0.717) is 17.0 Å². The first-order valence-electron chi connectivity index (χ1n) is 9.77. The molecule has 0 saturated heterocycles. The van der Waals surface area contributed by atoms with Gasteiger partial charge >= 0.3 is 5.97 Å². The number of carbonyl (C=O) groups excluding carboxylic acids is 1. The molecule has 0 spiro atoms. The van der Waals surface area contributed by atoms with E-state index in [1.165, 1.54) is 6.07 Å². The quantitative estimate of drug-likeness (QED) is 0.187. The molecule has 0 atom stereocenters. The van der Waals surface area contributed by atoms with E-state index in [1.807, 2.05) is 54.6 Å². The summed E-state index contributed by atoms with van der Waals surface area (Å²) in [7, 11) is 0. The van der Waals surface area contributed by atoms with E-state index < -0.39 is 10.9 Å². The second kappa shape index (κ2) is 8.62. The first-order valence-corrected chi connectivity index (χ1v) is 9.77. The zero-order valence-electron chi connectivity index (χ0n) is 16.8. The SMILES string of the molecule is CCC(=O)O/N=C(\c1ccccc1)c1cn(-c2ccccc2[N+](=O)[O-])c2ccccc12. The number of aromatic nitrogens is 1. The number of fused-ring (bicyclic) bond motifs is 1. The number of oxime groups is 1. The van der Waals surface area contributed by atoms with Crippen LogP contribution in [0.2, 0.25) is 0 Å². The van der Waals surface area contributed by atoms with Crippen LogP contribution in [0.4, 0.5) is 5.69 Å². The Morgan fingerprint density at radius 1 is 1.00 bits per heavy atom. The first kappa shape index (κ1) is 20.0. The molecular weight excluding hydrogens is 394 g/mol. The van der Waals surface area contributed by atoms with Crippen molar-refractivity contribution >= 4 is 28.3 Å². The Morgan fingerprint density at radius 3 is 2.42 bits per heavy atom. The van der Waals surface area contributed by atoms with E-state index in [1.54, 1.807) is 35.9 Å². The highest BCUT2D eigenvalue weighted by Crippen LogP contribution is 2.31. The molecule has 7 heteroatoms.